The van der Waals surface area contributed by atoms with Crippen molar-refractivity contribution in [3.63, 3.8) is 0 Å². The lowest BCUT2D eigenvalue weighted by atomic mass is 9.41. The molecule has 5 fully saturated rings. The number of alkyl halides is 3. The lowest BCUT2D eigenvalue weighted by Crippen LogP contribution is -2.60. The summed E-state index contributed by atoms with van der Waals surface area (Å²) in [5, 5.41) is 0. The fourth-order valence-electron chi connectivity index (χ4n) is 13.4. The molecule has 0 N–H and O–H groups in total. The summed E-state index contributed by atoms with van der Waals surface area (Å²) >= 11 is 0. The maximum Gasteiger partial charge on any atom is 0.432 e. The maximum absolute atomic E-state index is 14.8. The molecule has 13 heteroatoms. The second-order valence-corrected chi connectivity index (χ2v) is 19.1. The molecule has 0 aliphatic heterocycles. The van der Waals surface area contributed by atoms with Crippen molar-refractivity contribution in [1.82, 2.24) is 0 Å². The van der Waals surface area contributed by atoms with Crippen LogP contribution in [0.15, 0.2) is 42.0 Å². The number of hydrogen-bond donors (Lipinski definition) is 0. The molecule has 5 aliphatic carbocycles. The van der Waals surface area contributed by atoms with Crippen molar-refractivity contribution in [1.29, 1.82) is 0 Å². The minimum Gasteiger partial charge on any atom is -0.726 e. The number of esters is 2. The molecule has 0 bridgehead atoms. The molecule has 5 saturated carbocycles. The van der Waals surface area contributed by atoms with Crippen LogP contribution in [0.25, 0.3) is 0 Å². The van der Waals surface area contributed by atoms with Crippen LogP contribution in [0, 0.1) is 50.7 Å². The molecule has 0 saturated heterocycles. The number of carbonyl (C=O) groups excluding carboxylic acids is 2. The van der Waals surface area contributed by atoms with Gasteiger partial charge in [-0.3, -0.25) is 8.98 Å². The molecule has 0 amide bonds. The van der Waals surface area contributed by atoms with Gasteiger partial charge in [0, 0.05) is 12.7 Å². The van der Waals surface area contributed by atoms with Gasteiger partial charge in [0.2, 0.25) is 10.4 Å². The van der Waals surface area contributed by atoms with Crippen LogP contribution in [0.3, 0.4) is 0 Å². The molecule has 1 aromatic carbocycles. The van der Waals surface area contributed by atoms with E-state index in [-0.39, 0.29) is 51.4 Å². The van der Waals surface area contributed by atoms with Crippen LogP contribution in [0.5, 0.6) is 0 Å². The van der Waals surface area contributed by atoms with Crippen LogP contribution < -0.4 is 0 Å². The first-order valence-electron chi connectivity index (χ1n) is 19.3. The highest BCUT2D eigenvalue weighted by atomic mass is 32.3. The molecule has 12 atom stereocenters. The van der Waals surface area contributed by atoms with E-state index in [1.54, 1.807) is 19.1 Å². The number of methoxy groups -OCH3 is 2. The van der Waals surface area contributed by atoms with Crippen LogP contribution >= 0.6 is 0 Å². The molecule has 6 rings (SSSR count). The quantitative estimate of drug-likeness (QED) is 0.0941. The third kappa shape index (κ3) is 5.90. The number of hydrogen-bond acceptors (Lipinski definition) is 9. The Bertz CT molecular complexity index is 1760. The third-order valence-electron chi connectivity index (χ3n) is 15.9. The molecule has 1 aromatic rings. The van der Waals surface area contributed by atoms with Gasteiger partial charge in [-0.2, -0.15) is 13.2 Å². The van der Waals surface area contributed by atoms with E-state index >= 15 is 0 Å². The minimum atomic E-state index is -5.08. The van der Waals surface area contributed by atoms with E-state index in [0.29, 0.717) is 25.2 Å². The van der Waals surface area contributed by atoms with Crippen LogP contribution in [0.2, 0.25) is 0 Å². The van der Waals surface area contributed by atoms with E-state index in [1.165, 1.54) is 31.4 Å². The van der Waals surface area contributed by atoms with Crippen molar-refractivity contribution in [3.05, 3.63) is 47.5 Å². The Labute approximate surface area is 318 Å². The second-order valence-electron chi connectivity index (χ2n) is 18.1. The Morgan fingerprint density at radius 1 is 0.926 bits per heavy atom. The summed E-state index contributed by atoms with van der Waals surface area (Å²) in [6, 6.07) is 6.87. The Hall–Kier alpha value is -2.48. The molecule has 9 nitrogen and oxygen atoms in total. The van der Waals surface area contributed by atoms with Gasteiger partial charge in [0.05, 0.1) is 18.6 Å². The lowest BCUT2D eigenvalue weighted by Gasteiger charge is -2.63. The first kappa shape index (κ1) is 41.2. The summed E-state index contributed by atoms with van der Waals surface area (Å²) in [6.45, 7) is 12.3. The normalized spacial score (nSPS) is 39.3. The molecule has 0 unspecified atom stereocenters. The van der Waals surface area contributed by atoms with Gasteiger partial charge >= 0.3 is 18.1 Å². The van der Waals surface area contributed by atoms with E-state index in [1.807, 2.05) is 13.8 Å². The zero-order valence-electron chi connectivity index (χ0n) is 32.7. The summed E-state index contributed by atoms with van der Waals surface area (Å²) in [4.78, 5) is 27.2. The summed E-state index contributed by atoms with van der Waals surface area (Å²) in [5.41, 5.74) is -4.47. The van der Waals surface area contributed by atoms with Gasteiger partial charge in [-0.25, -0.2) is 13.2 Å². The second kappa shape index (κ2) is 13.6. The van der Waals surface area contributed by atoms with E-state index in [2.05, 4.69) is 20.8 Å². The standard InChI is InChI=1S/C41H57F3O9S/c1-25(2)22-28(52-34(46)40(51-8,41(42,43)44)27-12-10-9-11-13-27)23-26(3)29-16-18-36(5)30-14-15-31-37(6,33(45)50-7)32(53-54(47,48)49)17-19-38(31)24-39(30,38)21-20-35(29,36)4/h9-13,22,26,28-32H,14-21,23-24H2,1-8H3,(H,47,48,49)/p-1/t26-,28+,29-,30+,31+,32+,35-,36+,37+,38-,39+,40-/m1/s1. The molecule has 302 valence electrons. The highest BCUT2D eigenvalue weighted by molar-refractivity contribution is 7.80. The zero-order valence-corrected chi connectivity index (χ0v) is 33.5. The van der Waals surface area contributed by atoms with E-state index in [4.69, 9.17) is 18.4 Å². The fourth-order valence-corrected chi connectivity index (χ4v) is 14.0. The van der Waals surface area contributed by atoms with Crippen molar-refractivity contribution in [2.24, 2.45) is 50.7 Å². The van der Waals surface area contributed by atoms with E-state index in [0.717, 1.165) is 51.2 Å². The van der Waals surface area contributed by atoms with Crippen LogP contribution in [-0.4, -0.2) is 57.5 Å². The van der Waals surface area contributed by atoms with E-state index < -0.39 is 51.7 Å². The summed E-state index contributed by atoms with van der Waals surface area (Å²) in [5.74, 6) is -1.66. The largest absolute Gasteiger partial charge is 0.726 e. The third-order valence-corrected chi connectivity index (χ3v) is 16.3. The van der Waals surface area contributed by atoms with Gasteiger partial charge in [-0.15, -0.1) is 0 Å². The molecule has 2 spiro atoms. The van der Waals surface area contributed by atoms with Crippen molar-refractivity contribution >= 4 is 22.3 Å². The molecule has 0 heterocycles. The lowest BCUT2D eigenvalue weighted by molar-refractivity contribution is -0.277. The predicted octanol–water partition coefficient (Wildman–Crippen LogP) is 8.43. The molecule has 5 aliphatic rings. The average molecular weight is 782 g/mol. The molecule has 0 aromatic heterocycles. The molecular formula is C41H56F3O9S-. The van der Waals surface area contributed by atoms with Crippen LogP contribution in [-0.2, 0) is 44.0 Å². The summed E-state index contributed by atoms with van der Waals surface area (Å²) in [6.07, 6.45) is 2.20. The van der Waals surface area contributed by atoms with Gasteiger partial charge in [-0.1, -0.05) is 56.7 Å². The van der Waals surface area contributed by atoms with Crippen LogP contribution in [0.4, 0.5) is 13.2 Å². The van der Waals surface area contributed by atoms with Crippen molar-refractivity contribution in [2.75, 3.05) is 14.2 Å². The molecule has 54 heavy (non-hydrogen) atoms. The predicted molar refractivity (Wildman–Crippen MR) is 192 cm³/mol. The first-order valence-corrected chi connectivity index (χ1v) is 20.6. The van der Waals surface area contributed by atoms with E-state index in [9.17, 15) is 35.7 Å². The number of carbonyl (C=O) groups is 2. The van der Waals surface area contributed by atoms with Gasteiger partial charge in [0.15, 0.2) is 0 Å². The monoisotopic (exact) mass is 781 g/mol. The Kier molecular flexibility index (Phi) is 10.4. The highest BCUT2D eigenvalue weighted by Gasteiger charge is 2.83. The van der Waals surface area contributed by atoms with Crippen LogP contribution in [0.1, 0.15) is 111 Å². The fraction of sp³-hybridized carbons (Fsp3) is 0.756. The smallest absolute Gasteiger partial charge is 0.432 e. The van der Waals surface area contributed by atoms with Crippen molar-refractivity contribution < 1.29 is 54.1 Å². The zero-order chi connectivity index (χ0) is 39.9. The number of fused-ring (bicyclic) bond motifs is 2. The Balaban J connectivity index is 1.25. The number of allylic oxidation sites excluding steroid dienone is 1. The summed E-state index contributed by atoms with van der Waals surface area (Å²) in [7, 11) is -2.88. The van der Waals surface area contributed by atoms with Gasteiger partial charge < -0.3 is 18.8 Å². The van der Waals surface area contributed by atoms with Gasteiger partial charge in [0.25, 0.3) is 5.60 Å². The topological polar surface area (TPSA) is 128 Å². The Morgan fingerprint density at radius 2 is 1.56 bits per heavy atom. The van der Waals surface area contributed by atoms with Gasteiger partial charge in [0.1, 0.15) is 6.10 Å². The average Bonchev–Trinajstić information content (AvgIpc) is 3.66. The molecular weight excluding hydrogens is 726 g/mol. The first-order chi connectivity index (χ1) is 25.0. The van der Waals surface area contributed by atoms with Crippen molar-refractivity contribution in [3.8, 4) is 0 Å². The Morgan fingerprint density at radius 3 is 2.13 bits per heavy atom. The maximum atomic E-state index is 14.8. The SMILES string of the molecule is COC(=O)[C@]1(C)[C@@H](OS(=O)(=O)[O-])CC[C@]23C[C@]24CC[C@]2(C)[C@@H]([C@H](C)C[C@H](C=C(C)C)OC(=O)[C@](OC)(c5ccccc5)C(F)(F)F)CC[C@@]2(C)[C@@H]4CC[C@@H]13. The number of rotatable bonds is 11. The highest BCUT2D eigenvalue weighted by Crippen LogP contribution is 2.89. The molecule has 0 radical (unpaired) electrons. The number of benzene rings is 1. The summed E-state index contributed by atoms with van der Waals surface area (Å²) < 4.78 is 101. The van der Waals surface area contributed by atoms with Gasteiger partial charge in [-0.05, 0) is 136 Å². The van der Waals surface area contributed by atoms with Crippen molar-refractivity contribution in [2.45, 2.75) is 130 Å². The number of ether oxygens (including phenoxy) is 3. The minimum absolute atomic E-state index is 0.00702. The number of halogens is 3.